The molecule has 8 nitrogen and oxygen atoms in total. The van der Waals surface area contributed by atoms with Crippen LogP contribution in [0.3, 0.4) is 0 Å². The van der Waals surface area contributed by atoms with Gasteiger partial charge in [0.25, 0.3) is 5.91 Å². The van der Waals surface area contributed by atoms with Gasteiger partial charge < -0.3 is 14.4 Å². The summed E-state index contributed by atoms with van der Waals surface area (Å²) in [7, 11) is 0. The highest BCUT2D eigenvalue weighted by Crippen LogP contribution is 2.65. The van der Waals surface area contributed by atoms with Crippen molar-refractivity contribution in [1.29, 1.82) is 0 Å². The maximum absolute atomic E-state index is 13.6. The van der Waals surface area contributed by atoms with Crippen LogP contribution in [0.15, 0.2) is 55.6 Å². The third-order valence-corrected chi connectivity index (χ3v) is 6.37. The second-order valence-electron chi connectivity index (χ2n) is 8.52. The number of imide groups is 1. The Bertz CT molecular complexity index is 945. The number of rotatable bonds is 9. The van der Waals surface area contributed by atoms with Crippen molar-refractivity contribution in [3.63, 3.8) is 0 Å². The van der Waals surface area contributed by atoms with E-state index in [1.807, 2.05) is 0 Å². The highest BCUT2D eigenvalue weighted by Gasteiger charge is 2.70. The molecule has 2 aliphatic rings. The van der Waals surface area contributed by atoms with Gasteiger partial charge in [-0.15, -0.1) is 13.2 Å². The molecule has 0 unspecified atom stereocenters. The molecule has 0 aromatic heterocycles. The molecule has 0 radical (unpaired) electrons. The van der Waals surface area contributed by atoms with E-state index < -0.39 is 35.4 Å². The molecule has 0 heterocycles. The van der Waals surface area contributed by atoms with E-state index in [0.717, 1.165) is 4.90 Å². The number of carbonyl (C=O) groups is 4. The normalized spacial score (nSPS) is 24.7. The predicted octanol–water partition coefficient (Wildman–Crippen LogP) is 3.20. The summed E-state index contributed by atoms with van der Waals surface area (Å²) in [5.41, 5.74) is -0.125. The molecule has 33 heavy (non-hydrogen) atoms. The monoisotopic (exact) mass is 454 g/mol. The summed E-state index contributed by atoms with van der Waals surface area (Å²) in [6.07, 6.45) is 3.67. The van der Waals surface area contributed by atoms with E-state index in [1.165, 1.54) is 19.9 Å². The first kappa shape index (κ1) is 24.2. The van der Waals surface area contributed by atoms with E-state index in [4.69, 9.17) is 9.47 Å². The molecule has 1 aromatic rings. The van der Waals surface area contributed by atoms with E-state index in [0.29, 0.717) is 18.4 Å². The van der Waals surface area contributed by atoms with E-state index in [2.05, 4.69) is 13.2 Å². The minimum Gasteiger partial charge on any atom is -0.465 e. The van der Waals surface area contributed by atoms with Gasteiger partial charge in [-0.2, -0.15) is 0 Å². The lowest BCUT2D eigenvalue weighted by atomic mass is 10.0. The third-order valence-electron chi connectivity index (χ3n) is 6.37. The van der Waals surface area contributed by atoms with Crippen LogP contribution >= 0.6 is 0 Å². The van der Waals surface area contributed by atoms with Crippen molar-refractivity contribution in [2.45, 2.75) is 38.8 Å². The fourth-order valence-electron chi connectivity index (χ4n) is 4.83. The lowest BCUT2D eigenvalue weighted by Gasteiger charge is -2.34. The molecular weight excluding hydrogens is 424 g/mol. The molecule has 3 rings (SSSR count). The van der Waals surface area contributed by atoms with E-state index in [1.54, 1.807) is 41.3 Å². The number of nitrogens with zero attached hydrogens (tertiary/aromatic N) is 2. The molecule has 2 fully saturated rings. The molecule has 2 aliphatic carbocycles. The summed E-state index contributed by atoms with van der Waals surface area (Å²) in [4.78, 5) is 52.7. The van der Waals surface area contributed by atoms with Crippen LogP contribution in [0.1, 0.15) is 37.0 Å². The van der Waals surface area contributed by atoms with Gasteiger partial charge in [-0.25, -0.2) is 4.79 Å². The average Bonchev–Trinajstić information content (AvgIpc) is 3.45. The van der Waals surface area contributed by atoms with Crippen molar-refractivity contribution in [2.24, 2.45) is 11.3 Å². The van der Waals surface area contributed by atoms with Crippen LogP contribution in [0.25, 0.3) is 0 Å². The zero-order chi connectivity index (χ0) is 24.2. The van der Waals surface area contributed by atoms with Crippen LogP contribution in [-0.4, -0.2) is 65.5 Å². The number of carbonyl (C=O) groups excluding carboxylic acids is 4. The molecule has 0 bridgehead atoms. The van der Waals surface area contributed by atoms with Crippen LogP contribution in [0, 0.1) is 11.3 Å². The van der Waals surface area contributed by atoms with Gasteiger partial charge >= 0.3 is 18.0 Å². The largest absolute Gasteiger partial charge is 0.465 e. The molecular formula is C25H30N2O6. The van der Waals surface area contributed by atoms with Crippen molar-refractivity contribution >= 4 is 23.9 Å². The van der Waals surface area contributed by atoms with E-state index in [-0.39, 0.29) is 31.7 Å². The lowest BCUT2D eigenvalue weighted by Crippen LogP contribution is -2.51. The summed E-state index contributed by atoms with van der Waals surface area (Å²) in [5.74, 6) is -1.29. The van der Waals surface area contributed by atoms with Crippen LogP contribution in [0.2, 0.25) is 0 Å². The molecule has 4 atom stereocenters. The van der Waals surface area contributed by atoms with Crippen LogP contribution in [0.4, 0.5) is 4.79 Å². The molecule has 0 aliphatic heterocycles. The van der Waals surface area contributed by atoms with Gasteiger partial charge in [-0.3, -0.25) is 19.3 Å². The fraction of sp³-hybridized carbons (Fsp3) is 0.440. The number of fused-ring (bicyclic) bond motifs is 1. The number of benzene rings is 1. The van der Waals surface area contributed by atoms with Gasteiger partial charge in [0.15, 0.2) is 0 Å². The van der Waals surface area contributed by atoms with Crippen molar-refractivity contribution in [3.05, 3.63) is 61.2 Å². The second kappa shape index (κ2) is 10.0. The standard InChI is InChI=1S/C25H30N2O6/c1-5-12-26(24(31)27(13-6-2)23(30)19-10-8-7-9-11-19)21-14-22(33-18(4)29)25(15-20(21)25)16-32-17(3)28/h5-11,20-22H,1-2,12-16H2,3-4H3/t20-,21+,22+,25+/m1/s1. The Kier molecular flexibility index (Phi) is 7.36. The zero-order valence-corrected chi connectivity index (χ0v) is 19.1. The lowest BCUT2D eigenvalue weighted by molar-refractivity contribution is -0.153. The SMILES string of the molecule is C=CCN(C(=O)c1ccccc1)C(=O)N(CC=C)[C@H]1C[C@H](OC(C)=O)[C@]2(COC(C)=O)C[C@H]12. The van der Waals surface area contributed by atoms with Crippen molar-refractivity contribution in [3.8, 4) is 0 Å². The second-order valence-corrected chi connectivity index (χ2v) is 8.52. The van der Waals surface area contributed by atoms with Gasteiger partial charge in [0.05, 0.1) is 0 Å². The van der Waals surface area contributed by atoms with Crippen LogP contribution in [-0.2, 0) is 19.1 Å². The predicted molar refractivity (Wildman–Crippen MR) is 121 cm³/mol. The van der Waals surface area contributed by atoms with Gasteiger partial charge in [0.2, 0.25) is 0 Å². The molecule has 8 heteroatoms. The molecule has 1 aromatic carbocycles. The number of hydrogen-bond donors (Lipinski definition) is 0. The number of esters is 2. The highest BCUT2D eigenvalue weighted by atomic mass is 16.6. The Labute approximate surface area is 193 Å². The Morgan fingerprint density at radius 2 is 1.73 bits per heavy atom. The summed E-state index contributed by atoms with van der Waals surface area (Å²) in [6.45, 7) is 10.5. The van der Waals surface area contributed by atoms with Crippen molar-refractivity contribution in [1.82, 2.24) is 9.80 Å². The number of urea groups is 1. The molecule has 0 N–H and O–H groups in total. The van der Waals surface area contributed by atoms with Gasteiger partial charge in [0.1, 0.15) is 12.7 Å². The first-order valence-electron chi connectivity index (χ1n) is 10.9. The van der Waals surface area contributed by atoms with Gasteiger partial charge in [-0.1, -0.05) is 30.4 Å². The van der Waals surface area contributed by atoms with Gasteiger partial charge in [0, 0.05) is 50.4 Å². The minimum absolute atomic E-state index is 0.0255. The molecule has 3 amide bonds. The minimum atomic E-state index is -0.519. The summed E-state index contributed by atoms with van der Waals surface area (Å²) in [6, 6.07) is 7.81. The maximum atomic E-state index is 13.6. The molecule has 0 saturated heterocycles. The average molecular weight is 455 g/mol. The Balaban J connectivity index is 1.87. The maximum Gasteiger partial charge on any atom is 0.327 e. The van der Waals surface area contributed by atoms with Gasteiger partial charge in [-0.05, 0) is 24.5 Å². The Morgan fingerprint density at radius 3 is 2.30 bits per heavy atom. The summed E-state index contributed by atoms with van der Waals surface area (Å²) in [5, 5.41) is 0. The smallest absolute Gasteiger partial charge is 0.327 e. The molecule has 176 valence electrons. The topological polar surface area (TPSA) is 93.2 Å². The summed E-state index contributed by atoms with van der Waals surface area (Å²) < 4.78 is 10.9. The Hall–Kier alpha value is -3.42. The first-order chi connectivity index (χ1) is 15.7. The van der Waals surface area contributed by atoms with Crippen molar-refractivity contribution < 1.29 is 28.7 Å². The Morgan fingerprint density at radius 1 is 1.06 bits per heavy atom. The zero-order valence-electron chi connectivity index (χ0n) is 19.1. The number of hydrogen-bond acceptors (Lipinski definition) is 6. The quantitative estimate of drug-likeness (QED) is 0.420. The third kappa shape index (κ3) is 4.99. The first-order valence-corrected chi connectivity index (χ1v) is 10.9. The summed E-state index contributed by atoms with van der Waals surface area (Å²) >= 11 is 0. The number of ether oxygens (including phenoxy) is 2. The number of amides is 3. The molecule has 2 saturated carbocycles. The fourth-order valence-corrected chi connectivity index (χ4v) is 4.83. The molecule has 0 spiro atoms. The van der Waals surface area contributed by atoms with E-state index in [9.17, 15) is 19.2 Å². The van der Waals surface area contributed by atoms with Crippen LogP contribution in [0.5, 0.6) is 0 Å². The van der Waals surface area contributed by atoms with Crippen LogP contribution < -0.4 is 0 Å². The van der Waals surface area contributed by atoms with Crippen molar-refractivity contribution in [2.75, 3.05) is 19.7 Å². The highest BCUT2D eigenvalue weighted by molar-refractivity contribution is 6.04. The van der Waals surface area contributed by atoms with E-state index >= 15 is 0 Å².